The van der Waals surface area contributed by atoms with Gasteiger partial charge in [-0.25, -0.2) is 0 Å². The van der Waals surface area contributed by atoms with Crippen molar-refractivity contribution in [3.8, 4) is 0 Å². The smallest absolute Gasteiger partial charge is 0.169 e. The zero-order chi connectivity index (χ0) is 10.6. The Labute approximate surface area is 93.6 Å². The summed E-state index contributed by atoms with van der Waals surface area (Å²) in [6.45, 7) is 4.10. The highest BCUT2D eigenvalue weighted by Crippen LogP contribution is 2.19. The molecule has 1 unspecified atom stereocenters. The fraction of sp³-hybridized carbons (Fsp3) is 0.600. The van der Waals surface area contributed by atoms with Crippen LogP contribution in [0.15, 0.2) is 21.2 Å². The van der Waals surface area contributed by atoms with Gasteiger partial charge in [0.25, 0.3) is 0 Å². The molecule has 80 valence electrons. The molecule has 0 amide bonds. The standard InChI is InChI=1S/C10H17BrN2O/c1-8(12-6-7-13(2)3)9-4-5-10(11)14-9/h4-5,8,12H,6-7H2,1-3H3. The van der Waals surface area contributed by atoms with Crippen molar-refractivity contribution in [2.45, 2.75) is 13.0 Å². The normalized spacial score (nSPS) is 13.5. The minimum atomic E-state index is 0.265. The summed E-state index contributed by atoms with van der Waals surface area (Å²) in [5.74, 6) is 0.968. The second-order valence-electron chi connectivity index (χ2n) is 3.62. The van der Waals surface area contributed by atoms with Crippen LogP contribution in [-0.4, -0.2) is 32.1 Å². The van der Waals surface area contributed by atoms with Crippen LogP contribution in [0, 0.1) is 0 Å². The molecule has 0 spiro atoms. The Hall–Kier alpha value is -0.320. The van der Waals surface area contributed by atoms with E-state index in [2.05, 4.69) is 47.2 Å². The van der Waals surface area contributed by atoms with Gasteiger partial charge in [-0.3, -0.25) is 0 Å². The first-order valence-electron chi connectivity index (χ1n) is 4.73. The number of rotatable bonds is 5. The van der Waals surface area contributed by atoms with Crippen molar-refractivity contribution in [1.29, 1.82) is 0 Å². The monoisotopic (exact) mass is 260 g/mol. The summed E-state index contributed by atoms with van der Waals surface area (Å²) in [6.07, 6.45) is 0. The Kier molecular flexibility index (Phi) is 4.65. The molecule has 0 aliphatic carbocycles. The quantitative estimate of drug-likeness (QED) is 0.881. The van der Waals surface area contributed by atoms with Crippen LogP contribution in [0.1, 0.15) is 18.7 Å². The average molecular weight is 261 g/mol. The SMILES string of the molecule is CC(NCCN(C)C)c1ccc(Br)o1. The number of halogens is 1. The van der Waals surface area contributed by atoms with Crippen LogP contribution in [0.4, 0.5) is 0 Å². The van der Waals surface area contributed by atoms with Crippen LogP contribution < -0.4 is 5.32 Å². The fourth-order valence-electron chi connectivity index (χ4n) is 1.17. The average Bonchev–Trinajstić information content (AvgIpc) is 2.51. The lowest BCUT2D eigenvalue weighted by atomic mass is 10.2. The molecule has 4 heteroatoms. The lowest BCUT2D eigenvalue weighted by Crippen LogP contribution is -2.28. The topological polar surface area (TPSA) is 28.4 Å². The van der Waals surface area contributed by atoms with E-state index in [-0.39, 0.29) is 6.04 Å². The summed E-state index contributed by atoms with van der Waals surface area (Å²) < 4.78 is 6.23. The van der Waals surface area contributed by atoms with Crippen LogP contribution in [0.5, 0.6) is 0 Å². The molecule has 0 aromatic carbocycles. The van der Waals surface area contributed by atoms with E-state index < -0.39 is 0 Å². The second-order valence-corrected chi connectivity index (χ2v) is 4.40. The van der Waals surface area contributed by atoms with E-state index in [1.54, 1.807) is 0 Å². The van der Waals surface area contributed by atoms with Gasteiger partial charge in [-0.05, 0) is 49.1 Å². The van der Waals surface area contributed by atoms with Gasteiger partial charge in [0.05, 0.1) is 6.04 Å². The van der Waals surface area contributed by atoms with Crippen LogP contribution in [0.25, 0.3) is 0 Å². The summed E-state index contributed by atoms with van der Waals surface area (Å²) in [5.41, 5.74) is 0. The van der Waals surface area contributed by atoms with Crippen molar-refractivity contribution in [2.24, 2.45) is 0 Å². The Balaban J connectivity index is 2.32. The Morgan fingerprint density at radius 2 is 2.21 bits per heavy atom. The molecule has 1 rings (SSSR count). The van der Waals surface area contributed by atoms with E-state index in [1.165, 1.54) is 0 Å². The number of nitrogens with one attached hydrogen (secondary N) is 1. The van der Waals surface area contributed by atoms with Crippen molar-refractivity contribution in [3.05, 3.63) is 22.6 Å². The Bertz CT molecular complexity index is 273. The molecule has 1 atom stereocenters. The van der Waals surface area contributed by atoms with E-state index in [9.17, 15) is 0 Å². The third-order valence-electron chi connectivity index (χ3n) is 2.03. The van der Waals surface area contributed by atoms with Gasteiger partial charge in [-0.15, -0.1) is 0 Å². The van der Waals surface area contributed by atoms with Crippen molar-refractivity contribution in [1.82, 2.24) is 10.2 Å². The maximum Gasteiger partial charge on any atom is 0.169 e. The van der Waals surface area contributed by atoms with E-state index in [4.69, 9.17) is 4.42 Å². The fourth-order valence-corrected chi connectivity index (χ4v) is 1.49. The van der Waals surface area contributed by atoms with Gasteiger partial charge in [0.2, 0.25) is 0 Å². The van der Waals surface area contributed by atoms with E-state index in [1.807, 2.05) is 12.1 Å². The maximum atomic E-state index is 5.44. The zero-order valence-corrected chi connectivity index (χ0v) is 10.5. The molecule has 3 nitrogen and oxygen atoms in total. The van der Waals surface area contributed by atoms with Gasteiger partial charge in [-0.1, -0.05) is 0 Å². The summed E-state index contributed by atoms with van der Waals surface area (Å²) in [5, 5.41) is 3.39. The van der Waals surface area contributed by atoms with E-state index in [0.717, 1.165) is 23.5 Å². The number of likely N-dealkylation sites (N-methyl/N-ethyl adjacent to an activating group) is 1. The molecule has 14 heavy (non-hydrogen) atoms. The molecule has 1 heterocycles. The van der Waals surface area contributed by atoms with Crippen molar-refractivity contribution < 1.29 is 4.42 Å². The number of hydrogen-bond acceptors (Lipinski definition) is 3. The van der Waals surface area contributed by atoms with Crippen LogP contribution >= 0.6 is 15.9 Å². The van der Waals surface area contributed by atoms with Gasteiger partial charge >= 0.3 is 0 Å². The molecule has 1 N–H and O–H groups in total. The minimum Gasteiger partial charge on any atom is -0.453 e. The van der Waals surface area contributed by atoms with E-state index in [0.29, 0.717) is 0 Å². The van der Waals surface area contributed by atoms with Gasteiger partial charge in [-0.2, -0.15) is 0 Å². The molecular formula is C10H17BrN2O. The van der Waals surface area contributed by atoms with Crippen molar-refractivity contribution in [2.75, 3.05) is 27.2 Å². The highest BCUT2D eigenvalue weighted by molar-refractivity contribution is 9.10. The first-order valence-corrected chi connectivity index (χ1v) is 5.52. The van der Waals surface area contributed by atoms with Crippen LogP contribution in [-0.2, 0) is 0 Å². The third-order valence-corrected chi connectivity index (χ3v) is 2.46. The minimum absolute atomic E-state index is 0.265. The Morgan fingerprint density at radius 3 is 2.71 bits per heavy atom. The zero-order valence-electron chi connectivity index (χ0n) is 8.88. The van der Waals surface area contributed by atoms with Gasteiger partial charge in [0, 0.05) is 13.1 Å². The first kappa shape index (κ1) is 11.8. The molecule has 1 aromatic rings. The molecule has 0 saturated carbocycles. The van der Waals surface area contributed by atoms with E-state index >= 15 is 0 Å². The Morgan fingerprint density at radius 1 is 1.50 bits per heavy atom. The summed E-state index contributed by atoms with van der Waals surface area (Å²) in [7, 11) is 4.13. The second kappa shape index (κ2) is 5.53. The molecule has 0 bridgehead atoms. The molecule has 0 aliphatic rings. The molecule has 0 aliphatic heterocycles. The lowest BCUT2D eigenvalue weighted by molar-refractivity contribution is 0.368. The molecule has 1 aromatic heterocycles. The van der Waals surface area contributed by atoms with Crippen LogP contribution in [0.3, 0.4) is 0 Å². The molecule has 0 fully saturated rings. The largest absolute Gasteiger partial charge is 0.453 e. The highest BCUT2D eigenvalue weighted by Gasteiger charge is 2.08. The first-order chi connectivity index (χ1) is 6.59. The van der Waals surface area contributed by atoms with Gasteiger partial charge in [0.15, 0.2) is 4.67 Å². The van der Waals surface area contributed by atoms with Crippen LogP contribution in [0.2, 0.25) is 0 Å². The molecule has 0 radical (unpaired) electrons. The maximum absolute atomic E-state index is 5.44. The highest BCUT2D eigenvalue weighted by atomic mass is 79.9. The van der Waals surface area contributed by atoms with Gasteiger partial charge < -0.3 is 14.6 Å². The molecule has 0 saturated heterocycles. The van der Waals surface area contributed by atoms with Gasteiger partial charge in [0.1, 0.15) is 5.76 Å². The molecular weight excluding hydrogens is 244 g/mol. The lowest BCUT2D eigenvalue weighted by Gasteiger charge is -2.14. The predicted molar refractivity (Wildman–Crippen MR) is 61.4 cm³/mol. The number of nitrogens with zero attached hydrogens (tertiary/aromatic N) is 1. The third kappa shape index (κ3) is 3.82. The van der Waals surface area contributed by atoms with Crippen molar-refractivity contribution >= 4 is 15.9 Å². The summed E-state index contributed by atoms with van der Waals surface area (Å²) in [4.78, 5) is 2.15. The number of furan rings is 1. The number of hydrogen-bond donors (Lipinski definition) is 1. The predicted octanol–water partition coefficient (Wildman–Crippen LogP) is 2.25. The van der Waals surface area contributed by atoms with Crippen molar-refractivity contribution in [3.63, 3.8) is 0 Å². The summed E-state index contributed by atoms with van der Waals surface area (Å²) >= 11 is 3.29. The summed E-state index contributed by atoms with van der Waals surface area (Å²) in [6, 6.07) is 4.16.